The summed E-state index contributed by atoms with van der Waals surface area (Å²) in [7, 11) is -3.52. The summed E-state index contributed by atoms with van der Waals surface area (Å²) in [5, 5.41) is 2.89. The Hall–Kier alpha value is -2.22. The minimum absolute atomic E-state index is 0.0530. The minimum Gasteiger partial charge on any atom is -0.325 e. The first-order chi connectivity index (χ1) is 13.3. The normalized spacial score (nSPS) is 16.1. The number of anilines is 1. The Morgan fingerprint density at radius 3 is 2.18 bits per heavy atom. The minimum atomic E-state index is -3.52. The van der Waals surface area contributed by atoms with E-state index < -0.39 is 10.0 Å². The highest BCUT2D eigenvalue weighted by Crippen LogP contribution is 2.25. The summed E-state index contributed by atoms with van der Waals surface area (Å²) < 4.78 is 27.8. The first-order valence-electron chi connectivity index (χ1n) is 9.54. The first-order valence-corrected chi connectivity index (χ1v) is 11.0. The molecule has 7 heteroatoms. The Morgan fingerprint density at radius 2 is 1.61 bits per heavy atom. The molecule has 1 saturated heterocycles. The van der Waals surface area contributed by atoms with Crippen molar-refractivity contribution < 1.29 is 18.1 Å². The Balaban J connectivity index is 1.61. The number of quaternary nitrogens is 1. The number of para-hydroxylation sites is 1. The number of nitrogens with one attached hydrogen (secondary N) is 2. The number of rotatable bonds is 5. The van der Waals surface area contributed by atoms with Crippen molar-refractivity contribution in [3.63, 3.8) is 0 Å². The Labute approximate surface area is 167 Å². The topological polar surface area (TPSA) is 70.9 Å². The molecule has 0 bridgehead atoms. The van der Waals surface area contributed by atoms with Crippen molar-refractivity contribution in [2.24, 2.45) is 0 Å². The molecule has 0 atom stereocenters. The van der Waals surface area contributed by atoms with Crippen LogP contribution in [0.25, 0.3) is 0 Å². The third-order valence-corrected chi connectivity index (χ3v) is 7.31. The van der Waals surface area contributed by atoms with Crippen molar-refractivity contribution in [1.82, 2.24) is 4.31 Å². The molecule has 2 aromatic carbocycles. The molecule has 1 heterocycles. The summed E-state index contributed by atoms with van der Waals surface area (Å²) >= 11 is 0. The second kappa shape index (κ2) is 8.43. The van der Waals surface area contributed by atoms with E-state index in [4.69, 9.17) is 0 Å². The van der Waals surface area contributed by atoms with Gasteiger partial charge in [0.25, 0.3) is 5.91 Å². The quantitative estimate of drug-likeness (QED) is 0.788. The number of hydrogen-bond acceptors (Lipinski definition) is 3. The number of carbonyl (C=O) groups is 1. The maximum absolute atomic E-state index is 13.1. The van der Waals surface area contributed by atoms with E-state index in [-0.39, 0.29) is 5.91 Å². The molecule has 28 heavy (non-hydrogen) atoms. The van der Waals surface area contributed by atoms with Crippen molar-refractivity contribution in [2.45, 2.75) is 25.7 Å². The van der Waals surface area contributed by atoms with Crippen molar-refractivity contribution in [2.75, 3.05) is 38.0 Å². The monoisotopic (exact) mass is 402 g/mol. The van der Waals surface area contributed by atoms with Gasteiger partial charge in [0.15, 0.2) is 6.54 Å². The third kappa shape index (κ3) is 4.60. The Kier molecular flexibility index (Phi) is 6.17. The highest BCUT2D eigenvalue weighted by Gasteiger charge is 2.33. The fourth-order valence-electron chi connectivity index (χ4n) is 3.88. The maximum atomic E-state index is 13.1. The van der Waals surface area contributed by atoms with Gasteiger partial charge in [0.2, 0.25) is 10.0 Å². The molecular formula is C21H28N3O3S+. The molecule has 0 aromatic heterocycles. The molecule has 0 saturated carbocycles. The number of nitrogens with zero attached hydrogens (tertiary/aromatic N) is 1. The molecule has 2 N–H and O–H groups in total. The Morgan fingerprint density at radius 1 is 1.04 bits per heavy atom. The number of hydrogen-bond donors (Lipinski definition) is 2. The summed E-state index contributed by atoms with van der Waals surface area (Å²) in [6.45, 7) is 8.08. The summed E-state index contributed by atoms with van der Waals surface area (Å²) in [6, 6.07) is 13.2. The SMILES string of the molecule is Cc1cc(C)c(S(=O)(=O)N2CC[NH+](CC(=O)Nc3ccccc3)CC2)c(C)c1. The van der Waals surface area contributed by atoms with Gasteiger partial charge in [0, 0.05) is 5.69 Å². The average Bonchev–Trinajstić information content (AvgIpc) is 2.61. The lowest BCUT2D eigenvalue weighted by atomic mass is 10.1. The van der Waals surface area contributed by atoms with Crippen LogP contribution < -0.4 is 10.2 Å². The Bertz CT molecular complexity index is 927. The zero-order valence-electron chi connectivity index (χ0n) is 16.7. The smallest absolute Gasteiger partial charge is 0.279 e. The van der Waals surface area contributed by atoms with Gasteiger partial charge in [-0.2, -0.15) is 4.31 Å². The van der Waals surface area contributed by atoms with Crippen molar-refractivity contribution in [3.8, 4) is 0 Å². The van der Waals surface area contributed by atoms with Crippen molar-refractivity contribution in [3.05, 3.63) is 59.2 Å². The van der Waals surface area contributed by atoms with Crippen LogP contribution in [0.1, 0.15) is 16.7 Å². The third-order valence-electron chi connectivity index (χ3n) is 5.10. The number of amides is 1. The average molecular weight is 403 g/mol. The van der Waals surface area contributed by atoms with Crippen LogP contribution in [-0.2, 0) is 14.8 Å². The second-order valence-corrected chi connectivity index (χ2v) is 9.35. The van der Waals surface area contributed by atoms with Crippen molar-refractivity contribution >= 4 is 21.6 Å². The van der Waals surface area contributed by atoms with E-state index in [0.717, 1.165) is 27.3 Å². The van der Waals surface area contributed by atoms with Crippen LogP contribution in [0, 0.1) is 20.8 Å². The molecule has 3 rings (SSSR count). The summed E-state index contributed by atoms with van der Waals surface area (Å²) in [5.74, 6) is -0.0530. The molecule has 150 valence electrons. The van der Waals surface area contributed by atoms with E-state index in [9.17, 15) is 13.2 Å². The number of piperazine rings is 1. The van der Waals surface area contributed by atoms with Gasteiger partial charge in [-0.15, -0.1) is 0 Å². The van der Waals surface area contributed by atoms with E-state index in [1.165, 1.54) is 0 Å². The fourth-order valence-corrected chi connectivity index (χ4v) is 5.73. The van der Waals surface area contributed by atoms with Gasteiger partial charge >= 0.3 is 0 Å². The zero-order valence-corrected chi connectivity index (χ0v) is 17.5. The molecule has 1 amide bonds. The number of carbonyl (C=O) groups excluding carboxylic acids is 1. The standard InChI is InChI=1S/C21H27N3O3S/c1-16-13-17(2)21(18(3)14-16)28(26,27)24-11-9-23(10-12-24)15-20(25)22-19-7-5-4-6-8-19/h4-8,13-14H,9-12,15H2,1-3H3,(H,22,25)/p+1. The lowest BCUT2D eigenvalue weighted by Crippen LogP contribution is -3.15. The lowest BCUT2D eigenvalue weighted by molar-refractivity contribution is -0.895. The number of sulfonamides is 1. The fraction of sp³-hybridized carbons (Fsp3) is 0.381. The highest BCUT2D eigenvalue weighted by molar-refractivity contribution is 7.89. The summed E-state index contributed by atoms with van der Waals surface area (Å²) in [5.41, 5.74) is 3.41. The van der Waals surface area contributed by atoms with Crippen LogP contribution in [0.4, 0.5) is 5.69 Å². The van der Waals surface area contributed by atoms with E-state index in [1.807, 2.05) is 63.2 Å². The first kappa shape index (κ1) is 20.5. The molecule has 0 unspecified atom stereocenters. The molecule has 6 nitrogen and oxygen atoms in total. The molecule has 1 aliphatic rings. The van der Waals surface area contributed by atoms with E-state index >= 15 is 0 Å². The molecule has 2 aromatic rings. The van der Waals surface area contributed by atoms with Gasteiger partial charge < -0.3 is 10.2 Å². The summed E-state index contributed by atoms with van der Waals surface area (Å²) in [4.78, 5) is 13.8. The molecule has 1 aliphatic heterocycles. The largest absolute Gasteiger partial charge is 0.325 e. The van der Waals surface area contributed by atoms with Gasteiger partial charge in [-0.05, 0) is 44.0 Å². The predicted octanol–water partition coefficient (Wildman–Crippen LogP) is 1.14. The highest BCUT2D eigenvalue weighted by atomic mass is 32.2. The maximum Gasteiger partial charge on any atom is 0.279 e. The van der Waals surface area contributed by atoms with Gasteiger partial charge in [-0.3, -0.25) is 4.79 Å². The molecule has 0 aliphatic carbocycles. The number of benzene rings is 2. The van der Waals surface area contributed by atoms with Crippen LogP contribution in [0.5, 0.6) is 0 Å². The van der Waals surface area contributed by atoms with E-state index in [2.05, 4.69) is 5.32 Å². The van der Waals surface area contributed by atoms with Crippen LogP contribution in [-0.4, -0.2) is 51.4 Å². The molecule has 0 spiro atoms. The zero-order chi connectivity index (χ0) is 20.3. The van der Waals surface area contributed by atoms with Crippen LogP contribution in [0.15, 0.2) is 47.4 Å². The van der Waals surface area contributed by atoms with Gasteiger partial charge in [0.05, 0.1) is 31.1 Å². The van der Waals surface area contributed by atoms with Gasteiger partial charge in [-0.1, -0.05) is 35.9 Å². The van der Waals surface area contributed by atoms with E-state index in [0.29, 0.717) is 37.6 Å². The number of aryl methyl sites for hydroxylation is 3. The molecule has 0 radical (unpaired) electrons. The van der Waals surface area contributed by atoms with Crippen LogP contribution >= 0.6 is 0 Å². The molecule has 1 fully saturated rings. The van der Waals surface area contributed by atoms with Crippen LogP contribution in [0.2, 0.25) is 0 Å². The van der Waals surface area contributed by atoms with Gasteiger partial charge in [-0.25, -0.2) is 8.42 Å². The second-order valence-electron chi connectivity index (χ2n) is 7.47. The van der Waals surface area contributed by atoms with Gasteiger partial charge in [0.1, 0.15) is 0 Å². The van der Waals surface area contributed by atoms with Crippen LogP contribution in [0.3, 0.4) is 0 Å². The predicted molar refractivity (Wildman–Crippen MR) is 110 cm³/mol. The molecular weight excluding hydrogens is 374 g/mol. The van der Waals surface area contributed by atoms with E-state index in [1.54, 1.807) is 4.31 Å². The lowest BCUT2D eigenvalue weighted by Gasteiger charge is -2.32. The van der Waals surface area contributed by atoms with Crippen molar-refractivity contribution in [1.29, 1.82) is 0 Å². The summed E-state index contributed by atoms with van der Waals surface area (Å²) in [6.07, 6.45) is 0.